The molecule has 0 saturated carbocycles. The van der Waals surface area contributed by atoms with E-state index in [4.69, 9.17) is 15.2 Å². The fourth-order valence-corrected chi connectivity index (χ4v) is 4.47. The molecule has 2 aromatic heterocycles. The first-order chi connectivity index (χ1) is 14.8. The second kappa shape index (κ2) is 6.16. The van der Waals surface area contributed by atoms with Crippen LogP contribution in [0, 0.1) is 10.8 Å². The van der Waals surface area contributed by atoms with Gasteiger partial charge in [0.05, 0.1) is 16.4 Å². The van der Waals surface area contributed by atoms with E-state index < -0.39 is 0 Å². The Morgan fingerprint density at radius 1 is 0.667 bits per heavy atom. The number of rotatable bonds is 3. The minimum atomic E-state index is 0.766. The Morgan fingerprint density at radius 2 is 1.37 bits per heavy atom. The van der Waals surface area contributed by atoms with Gasteiger partial charge in [0.15, 0.2) is 0 Å². The molecule has 0 aliphatic carbocycles. The molecule has 2 heterocycles. The van der Waals surface area contributed by atoms with Crippen molar-refractivity contribution in [3.8, 4) is 5.69 Å². The Kier molecular flexibility index (Phi) is 3.44. The highest BCUT2D eigenvalue weighted by molar-refractivity contribution is 6.23. The van der Waals surface area contributed by atoms with Crippen LogP contribution in [0.25, 0.3) is 49.4 Å². The van der Waals surface area contributed by atoms with E-state index in [1.54, 1.807) is 0 Å². The number of nitrogens with one attached hydrogen (secondary N) is 2. The maximum absolute atomic E-state index is 7.71. The standard InChI is InChI=1S/C26H17N3O/c27-14-16-11-17(15-28)13-18(12-16)29-22-7-3-1-6-21(22)25-23(29)10-9-20-19-5-2-4-8-24(19)30-26(20)25/h1-15,27-28H. The summed E-state index contributed by atoms with van der Waals surface area (Å²) in [5.74, 6) is 0. The van der Waals surface area contributed by atoms with Gasteiger partial charge in [0.25, 0.3) is 0 Å². The molecule has 0 atom stereocenters. The quantitative estimate of drug-likeness (QED) is 0.327. The molecule has 0 unspecified atom stereocenters. The first kappa shape index (κ1) is 16.7. The number of nitrogens with zero attached hydrogens (tertiary/aromatic N) is 1. The molecule has 0 aliphatic heterocycles. The minimum absolute atomic E-state index is 0.766. The van der Waals surface area contributed by atoms with Crippen molar-refractivity contribution in [2.45, 2.75) is 0 Å². The minimum Gasteiger partial charge on any atom is -0.455 e. The molecule has 4 nitrogen and oxygen atoms in total. The highest BCUT2D eigenvalue weighted by atomic mass is 16.3. The molecule has 0 spiro atoms. The molecule has 0 fully saturated rings. The van der Waals surface area contributed by atoms with E-state index in [-0.39, 0.29) is 0 Å². The maximum atomic E-state index is 7.71. The number of hydrogen-bond acceptors (Lipinski definition) is 3. The Morgan fingerprint density at radius 3 is 2.13 bits per heavy atom. The molecular formula is C26H17N3O. The molecule has 0 saturated heterocycles. The van der Waals surface area contributed by atoms with E-state index in [0.29, 0.717) is 0 Å². The van der Waals surface area contributed by atoms with E-state index in [9.17, 15) is 0 Å². The van der Waals surface area contributed by atoms with Crippen molar-refractivity contribution in [1.29, 1.82) is 10.8 Å². The van der Waals surface area contributed by atoms with Gasteiger partial charge in [0, 0.05) is 34.3 Å². The van der Waals surface area contributed by atoms with Gasteiger partial charge in [-0.25, -0.2) is 0 Å². The van der Waals surface area contributed by atoms with E-state index in [0.717, 1.165) is 60.6 Å². The van der Waals surface area contributed by atoms with E-state index in [1.807, 2.05) is 48.5 Å². The predicted molar refractivity (Wildman–Crippen MR) is 124 cm³/mol. The Balaban J connectivity index is 1.82. The molecule has 30 heavy (non-hydrogen) atoms. The van der Waals surface area contributed by atoms with Crippen LogP contribution in [-0.4, -0.2) is 17.0 Å². The topological polar surface area (TPSA) is 65.8 Å². The zero-order valence-corrected chi connectivity index (χ0v) is 16.0. The first-order valence-electron chi connectivity index (χ1n) is 9.78. The molecule has 6 rings (SSSR count). The van der Waals surface area contributed by atoms with Gasteiger partial charge in [-0.2, -0.15) is 0 Å². The SMILES string of the molecule is N=Cc1cc(C=N)cc(-n2c3ccccc3c3c4oc5ccccc5c4ccc32)c1. The first-order valence-corrected chi connectivity index (χ1v) is 9.78. The van der Waals surface area contributed by atoms with E-state index in [1.165, 1.54) is 12.4 Å². The molecule has 4 heteroatoms. The van der Waals surface area contributed by atoms with Crippen molar-refractivity contribution < 1.29 is 4.42 Å². The average Bonchev–Trinajstić information content (AvgIpc) is 3.34. The summed E-state index contributed by atoms with van der Waals surface area (Å²) in [4.78, 5) is 0. The molecule has 0 aliphatic rings. The van der Waals surface area contributed by atoms with Gasteiger partial charge in [-0.15, -0.1) is 0 Å². The van der Waals surface area contributed by atoms with Crippen molar-refractivity contribution in [1.82, 2.24) is 4.57 Å². The number of aromatic nitrogens is 1. The van der Waals surface area contributed by atoms with Crippen molar-refractivity contribution in [2.75, 3.05) is 0 Å². The summed E-state index contributed by atoms with van der Waals surface area (Å²) >= 11 is 0. The zero-order valence-electron chi connectivity index (χ0n) is 16.0. The molecule has 142 valence electrons. The monoisotopic (exact) mass is 387 g/mol. The summed E-state index contributed by atoms with van der Waals surface area (Å²) in [6.07, 6.45) is 2.64. The highest BCUT2D eigenvalue weighted by Crippen LogP contribution is 2.40. The largest absolute Gasteiger partial charge is 0.455 e. The third kappa shape index (κ3) is 2.22. The molecular weight excluding hydrogens is 370 g/mol. The van der Waals surface area contributed by atoms with E-state index in [2.05, 4.69) is 34.9 Å². The van der Waals surface area contributed by atoms with Gasteiger partial charge in [0.2, 0.25) is 0 Å². The Hall–Kier alpha value is -4.18. The van der Waals surface area contributed by atoms with Crippen molar-refractivity contribution in [2.24, 2.45) is 0 Å². The lowest BCUT2D eigenvalue weighted by Crippen LogP contribution is -1.97. The van der Waals surface area contributed by atoms with Crippen LogP contribution in [0.3, 0.4) is 0 Å². The van der Waals surface area contributed by atoms with Gasteiger partial charge in [-0.3, -0.25) is 0 Å². The lowest BCUT2D eigenvalue weighted by molar-refractivity contribution is 0.673. The normalized spacial score (nSPS) is 11.6. The third-order valence-corrected chi connectivity index (χ3v) is 5.73. The van der Waals surface area contributed by atoms with Crippen molar-refractivity contribution >= 4 is 56.2 Å². The fourth-order valence-electron chi connectivity index (χ4n) is 4.47. The van der Waals surface area contributed by atoms with Gasteiger partial charge >= 0.3 is 0 Å². The van der Waals surface area contributed by atoms with Crippen LogP contribution in [-0.2, 0) is 0 Å². The van der Waals surface area contributed by atoms with Crippen LogP contribution < -0.4 is 0 Å². The smallest absolute Gasteiger partial charge is 0.145 e. The van der Waals surface area contributed by atoms with E-state index >= 15 is 0 Å². The number of para-hydroxylation sites is 2. The summed E-state index contributed by atoms with van der Waals surface area (Å²) in [6, 6.07) is 26.5. The number of fused-ring (bicyclic) bond motifs is 7. The van der Waals surface area contributed by atoms with Crippen LogP contribution in [0.2, 0.25) is 0 Å². The molecule has 0 bridgehead atoms. The van der Waals surface area contributed by atoms with Crippen LogP contribution in [0.5, 0.6) is 0 Å². The summed E-state index contributed by atoms with van der Waals surface area (Å²) in [7, 11) is 0. The van der Waals surface area contributed by atoms with Crippen LogP contribution >= 0.6 is 0 Å². The summed E-state index contributed by atoms with van der Waals surface area (Å²) in [6.45, 7) is 0. The average molecular weight is 387 g/mol. The molecule has 2 N–H and O–H groups in total. The summed E-state index contributed by atoms with van der Waals surface area (Å²) in [5, 5.41) is 19.8. The number of benzene rings is 4. The van der Waals surface area contributed by atoms with Crippen LogP contribution in [0.1, 0.15) is 11.1 Å². The van der Waals surface area contributed by atoms with Gasteiger partial charge in [-0.05, 0) is 53.6 Å². The zero-order chi connectivity index (χ0) is 20.2. The lowest BCUT2D eigenvalue weighted by atomic mass is 10.1. The molecule has 6 aromatic rings. The Bertz CT molecular complexity index is 1610. The lowest BCUT2D eigenvalue weighted by Gasteiger charge is -2.10. The maximum Gasteiger partial charge on any atom is 0.145 e. The number of hydrogen-bond donors (Lipinski definition) is 2. The summed E-state index contributed by atoms with van der Waals surface area (Å²) in [5.41, 5.74) is 6.34. The third-order valence-electron chi connectivity index (χ3n) is 5.73. The molecule has 0 amide bonds. The van der Waals surface area contributed by atoms with Crippen molar-refractivity contribution in [3.63, 3.8) is 0 Å². The van der Waals surface area contributed by atoms with Crippen molar-refractivity contribution in [3.05, 3.63) is 90.0 Å². The Labute approximate surface area is 172 Å². The van der Waals surface area contributed by atoms with Gasteiger partial charge in [0.1, 0.15) is 11.2 Å². The van der Waals surface area contributed by atoms with Gasteiger partial charge in [-0.1, -0.05) is 36.4 Å². The fraction of sp³-hybridized carbons (Fsp3) is 0. The molecule has 4 aromatic carbocycles. The highest BCUT2D eigenvalue weighted by Gasteiger charge is 2.18. The summed E-state index contributed by atoms with van der Waals surface area (Å²) < 4.78 is 8.52. The van der Waals surface area contributed by atoms with Crippen LogP contribution in [0.4, 0.5) is 0 Å². The van der Waals surface area contributed by atoms with Crippen LogP contribution in [0.15, 0.2) is 83.3 Å². The van der Waals surface area contributed by atoms with Gasteiger partial charge < -0.3 is 19.8 Å². The number of furan rings is 1. The second-order valence-corrected chi connectivity index (χ2v) is 7.43. The predicted octanol–water partition coefficient (Wildman–Crippen LogP) is 6.68. The molecule has 0 radical (unpaired) electrons. The second-order valence-electron chi connectivity index (χ2n) is 7.43.